The summed E-state index contributed by atoms with van der Waals surface area (Å²) >= 11 is 1.54. The van der Waals surface area contributed by atoms with Crippen LogP contribution in [0, 0.1) is 5.41 Å². The van der Waals surface area contributed by atoms with Crippen LogP contribution >= 0.6 is 11.8 Å². The van der Waals surface area contributed by atoms with Gasteiger partial charge in [0, 0.05) is 30.1 Å². The zero-order chi connectivity index (χ0) is 23.0. The zero-order valence-corrected chi connectivity index (χ0v) is 19.6. The second-order valence-electron chi connectivity index (χ2n) is 9.06. The Labute approximate surface area is 195 Å². The predicted molar refractivity (Wildman–Crippen MR) is 130 cm³/mol. The third-order valence-electron chi connectivity index (χ3n) is 5.20. The lowest BCUT2D eigenvalue weighted by Gasteiger charge is -2.19. The Bertz CT molecular complexity index is 1400. The molecule has 0 bridgehead atoms. The maximum atomic E-state index is 6.13. The van der Waals surface area contributed by atoms with Crippen LogP contribution in [0.2, 0.25) is 0 Å². The lowest BCUT2D eigenvalue weighted by atomic mass is 9.97. The number of H-pyrrole nitrogens is 1. The maximum Gasteiger partial charge on any atom is 0.175 e. The molecule has 4 aromatic heterocycles. The Hall–Kier alpha value is -3.37. The van der Waals surface area contributed by atoms with Crippen molar-refractivity contribution in [3.05, 3.63) is 43.2 Å². The minimum atomic E-state index is 0.206. The average Bonchev–Trinajstić information content (AvgIpc) is 3.51. The van der Waals surface area contributed by atoms with Crippen molar-refractivity contribution in [3.8, 4) is 11.3 Å². The molecular formula is C23H26N8OS. The monoisotopic (exact) mass is 462 g/mol. The zero-order valence-electron chi connectivity index (χ0n) is 18.8. The van der Waals surface area contributed by atoms with E-state index < -0.39 is 0 Å². The number of imidazole rings is 2. The summed E-state index contributed by atoms with van der Waals surface area (Å²) in [6.45, 7) is 9.03. The highest BCUT2D eigenvalue weighted by atomic mass is 32.2. The Morgan fingerprint density at radius 1 is 1.21 bits per heavy atom. The molecule has 10 heteroatoms. The second-order valence-corrected chi connectivity index (χ2v) is 10.1. The predicted octanol–water partition coefficient (Wildman–Crippen LogP) is 4.33. The number of hydrogen-bond donors (Lipinski definition) is 3. The molecule has 0 saturated heterocycles. The molecule has 4 heterocycles. The fourth-order valence-corrected chi connectivity index (χ4v) is 4.70. The van der Waals surface area contributed by atoms with Crippen molar-refractivity contribution >= 4 is 39.8 Å². The molecule has 0 atom stereocenters. The molecule has 0 aliphatic rings. The number of aromatic amines is 1. The van der Waals surface area contributed by atoms with E-state index in [-0.39, 0.29) is 5.41 Å². The minimum Gasteiger partial charge on any atom is -0.464 e. The fourth-order valence-electron chi connectivity index (χ4n) is 3.64. The van der Waals surface area contributed by atoms with Gasteiger partial charge in [-0.2, -0.15) is 0 Å². The summed E-state index contributed by atoms with van der Waals surface area (Å²) < 4.78 is 7.81. The molecule has 9 nitrogen and oxygen atoms in total. The van der Waals surface area contributed by atoms with Crippen LogP contribution in [0.1, 0.15) is 20.8 Å². The van der Waals surface area contributed by atoms with E-state index in [1.54, 1.807) is 24.4 Å². The first-order valence-corrected chi connectivity index (χ1v) is 11.6. The Morgan fingerprint density at radius 2 is 2.09 bits per heavy atom. The summed E-state index contributed by atoms with van der Waals surface area (Å²) in [6, 6.07) is 7.93. The van der Waals surface area contributed by atoms with Crippen LogP contribution in [-0.4, -0.2) is 42.6 Å². The molecule has 0 saturated carbocycles. The van der Waals surface area contributed by atoms with Crippen LogP contribution in [0.3, 0.4) is 0 Å². The van der Waals surface area contributed by atoms with Gasteiger partial charge >= 0.3 is 0 Å². The second kappa shape index (κ2) is 8.53. The Balaban J connectivity index is 1.54. The summed E-state index contributed by atoms with van der Waals surface area (Å²) in [6.07, 6.45) is 4.85. The van der Waals surface area contributed by atoms with Gasteiger partial charge in [-0.3, -0.25) is 0 Å². The van der Waals surface area contributed by atoms with Gasteiger partial charge in [0.1, 0.15) is 12.1 Å². The SMILES string of the molecule is CC(C)(C)CNCCn1c(Sc2cc3nc[nH]c3cc2-c2ccco2)nc2c(N)ncnc21. The van der Waals surface area contributed by atoms with Gasteiger partial charge in [-0.25, -0.2) is 19.9 Å². The van der Waals surface area contributed by atoms with E-state index in [1.807, 2.05) is 18.2 Å². The van der Waals surface area contributed by atoms with E-state index in [4.69, 9.17) is 15.1 Å². The molecule has 5 rings (SSSR count). The number of aromatic nitrogens is 6. The molecule has 0 unspecified atom stereocenters. The molecule has 5 aromatic rings. The van der Waals surface area contributed by atoms with Crippen molar-refractivity contribution in [1.29, 1.82) is 0 Å². The quantitative estimate of drug-likeness (QED) is 0.305. The topological polar surface area (TPSA) is 123 Å². The van der Waals surface area contributed by atoms with Crippen LogP contribution in [0.5, 0.6) is 0 Å². The standard InChI is InChI=1S/C23H26N8OS/c1-23(2,3)11-25-6-7-31-21-19(20(24)28-13-29-21)30-22(31)33-18-10-16-15(26-12-27-16)9-14(18)17-5-4-8-32-17/h4-5,8-10,12-13,25H,6-7,11H2,1-3H3,(H,26,27)(H2,24,28,29). The normalized spacial score (nSPS) is 12.2. The van der Waals surface area contributed by atoms with E-state index in [0.717, 1.165) is 51.1 Å². The molecule has 0 amide bonds. The maximum absolute atomic E-state index is 6.13. The van der Waals surface area contributed by atoms with E-state index in [9.17, 15) is 0 Å². The number of nitrogens with one attached hydrogen (secondary N) is 2. The van der Waals surface area contributed by atoms with E-state index in [1.165, 1.54) is 6.33 Å². The van der Waals surface area contributed by atoms with Crippen LogP contribution < -0.4 is 11.1 Å². The molecular weight excluding hydrogens is 436 g/mol. The molecule has 1 aromatic carbocycles. The van der Waals surface area contributed by atoms with Gasteiger partial charge in [-0.1, -0.05) is 32.5 Å². The summed E-state index contributed by atoms with van der Waals surface area (Å²) in [5.41, 5.74) is 10.5. The van der Waals surface area contributed by atoms with E-state index in [2.05, 4.69) is 56.7 Å². The van der Waals surface area contributed by atoms with Gasteiger partial charge in [-0.05, 0) is 29.7 Å². The summed E-state index contributed by atoms with van der Waals surface area (Å²) in [4.78, 5) is 22.0. The van der Waals surface area contributed by atoms with Crippen molar-refractivity contribution in [3.63, 3.8) is 0 Å². The third kappa shape index (κ3) is 4.44. The first kappa shape index (κ1) is 21.5. The van der Waals surface area contributed by atoms with Gasteiger partial charge in [0.25, 0.3) is 0 Å². The third-order valence-corrected chi connectivity index (χ3v) is 6.25. The Kier molecular flexibility index (Phi) is 5.55. The summed E-state index contributed by atoms with van der Waals surface area (Å²) in [7, 11) is 0. The highest BCUT2D eigenvalue weighted by Crippen LogP contribution is 2.39. The number of rotatable bonds is 7. The van der Waals surface area contributed by atoms with Gasteiger partial charge in [0.15, 0.2) is 22.1 Å². The first-order chi connectivity index (χ1) is 15.9. The van der Waals surface area contributed by atoms with Crippen molar-refractivity contribution in [2.45, 2.75) is 37.4 Å². The van der Waals surface area contributed by atoms with Gasteiger partial charge in [-0.15, -0.1) is 0 Å². The molecule has 0 radical (unpaired) electrons. The number of nitrogens with zero attached hydrogens (tertiary/aromatic N) is 5. The lowest BCUT2D eigenvalue weighted by Crippen LogP contribution is -2.29. The summed E-state index contributed by atoms with van der Waals surface area (Å²) in [5.74, 6) is 1.15. The number of furan rings is 1. The fraction of sp³-hybridized carbons (Fsp3) is 0.304. The number of nitrogens with two attached hydrogens (primary N) is 1. The lowest BCUT2D eigenvalue weighted by molar-refractivity contribution is 0.375. The molecule has 4 N–H and O–H groups in total. The van der Waals surface area contributed by atoms with Crippen molar-refractivity contribution < 1.29 is 4.42 Å². The largest absolute Gasteiger partial charge is 0.464 e. The van der Waals surface area contributed by atoms with Gasteiger partial charge in [0.2, 0.25) is 0 Å². The number of benzene rings is 1. The highest BCUT2D eigenvalue weighted by molar-refractivity contribution is 7.99. The number of anilines is 1. The molecule has 0 fully saturated rings. The van der Waals surface area contributed by atoms with Crippen molar-refractivity contribution in [1.82, 2.24) is 34.8 Å². The van der Waals surface area contributed by atoms with Crippen LogP contribution in [0.15, 0.2) is 57.7 Å². The molecule has 0 spiro atoms. The molecule has 0 aliphatic heterocycles. The molecule has 170 valence electrons. The van der Waals surface area contributed by atoms with Crippen molar-refractivity contribution in [2.75, 3.05) is 18.8 Å². The Morgan fingerprint density at radius 3 is 2.88 bits per heavy atom. The molecule has 33 heavy (non-hydrogen) atoms. The van der Waals surface area contributed by atoms with Gasteiger partial charge in [0.05, 0.1) is 23.6 Å². The van der Waals surface area contributed by atoms with E-state index >= 15 is 0 Å². The minimum absolute atomic E-state index is 0.206. The van der Waals surface area contributed by atoms with Crippen LogP contribution in [0.4, 0.5) is 5.82 Å². The number of hydrogen-bond acceptors (Lipinski definition) is 8. The highest BCUT2D eigenvalue weighted by Gasteiger charge is 2.19. The smallest absolute Gasteiger partial charge is 0.175 e. The summed E-state index contributed by atoms with van der Waals surface area (Å²) in [5, 5.41) is 4.32. The number of nitrogen functional groups attached to an aromatic ring is 1. The number of fused-ring (bicyclic) bond motifs is 2. The first-order valence-electron chi connectivity index (χ1n) is 10.8. The van der Waals surface area contributed by atoms with Crippen LogP contribution in [-0.2, 0) is 6.54 Å². The van der Waals surface area contributed by atoms with Crippen LogP contribution in [0.25, 0.3) is 33.5 Å². The van der Waals surface area contributed by atoms with Crippen molar-refractivity contribution in [2.24, 2.45) is 5.41 Å². The van der Waals surface area contributed by atoms with E-state index in [0.29, 0.717) is 17.9 Å². The van der Waals surface area contributed by atoms with Gasteiger partial charge < -0.3 is 25.0 Å². The average molecular weight is 463 g/mol. The molecule has 0 aliphatic carbocycles.